The van der Waals surface area contributed by atoms with Crippen molar-refractivity contribution in [2.24, 2.45) is 12.0 Å². The normalized spacial score (nSPS) is 10.0. The molecular weight excluding hydrogens is 286 g/mol. The van der Waals surface area contributed by atoms with Crippen LogP contribution in [-0.2, 0) is 13.6 Å². The fourth-order valence-electron chi connectivity index (χ4n) is 2.47. The Morgan fingerprint density at radius 1 is 1.13 bits per heavy atom. The van der Waals surface area contributed by atoms with Gasteiger partial charge in [0.05, 0.1) is 12.1 Å². The fourth-order valence-corrected chi connectivity index (χ4v) is 2.47. The van der Waals surface area contributed by atoms with Crippen LogP contribution in [0.2, 0.25) is 0 Å². The van der Waals surface area contributed by atoms with Gasteiger partial charge in [0.1, 0.15) is 12.1 Å². The van der Waals surface area contributed by atoms with Crippen LogP contribution in [0.1, 0.15) is 5.56 Å². The summed E-state index contributed by atoms with van der Waals surface area (Å²) in [5.74, 6) is 0. The Bertz CT molecular complexity index is 949. The molecule has 110 valence electrons. The summed E-state index contributed by atoms with van der Waals surface area (Å²) in [5, 5.41) is 22.9. The number of nitriles is 2. The maximum absolute atomic E-state index is 8.69. The highest BCUT2D eigenvalue weighted by molar-refractivity contribution is 6.10. The maximum Gasteiger partial charge on any atom is 0.213 e. The third-order valence-electron chi connectivity index (χ3n) is 3.56. The Kier molecular flexibility index (Phi) is 3.86. The second-order valence-electron chi connectivity index (χ2n) is 5.13. The zero-order valence-electron chi connectivity index (χ0n) is 12.6. The highest BCUT2D eigenvalue weighted by atomic mass is 15.2. The monoisotopic (exact) mass is 299 g/mol. The number of aromatic nitrogens is 2. The van der Waals surface area contributed by atoms with E-state index in [9.17, 15) is 0 Å². The van der Waals surface area contributed by atoms with E-state index in [4.69, 9.17) is 10.5 Å². The molecule has 1 aromatic heterocycles. The number of nitrogens with zero attached hydrogens (tertiary/aromatic N) is 5. The maximum atomic E-state index is 8.69. The standard InChI is InChI=1S/C18H13N5/c1-23-12-17-16(3-2-4-18(17)22-23)14-7-5-13(6-8-14)11-21-15(9-19)10-20/h2-8,12H,11H2,1H3. The summed E-state index contributed by atoms with van der Waals surface area (Å²) in [5.41, 5.74) is 4.04. The van der Waals surface area contributed by atoms with Crippen LogP contribution >= 0.6 is 0 Å². The molecule has 0 aliphatic carbocycles. The van der Waals surface area contributed by atoms with Gasteiger partial charge in [-0.2, -0.15) is 15.6 Å². The van der Waals surface area contributed by atoms with Crippen LogP contribution in [0.15, 0.2) is 53.7 Å². The summed E-state index contributed by atoms with van der Waals surface area (Å²) in [7, 11) is 1.91. The SMILES string of the molecule is Cn1cc2c(-c3ccc(CN=C(C#N)C#N)cc3)cccc2n1. The molecule has 23 heavy (non-hydrogen) atoms. The minimum atomic E-state index is -0.103. The summed E-state index contributed by atoms with van der Waals surface area (Å²) >= 11 is 0. The van der Waals surface area contributed by atoms with Crippen LogP contribution in [0, 0.1) is 22.7 Å². The zero-order chi connectivity index (χ0) is 16.2. The van der Waals surface area contributed by atoms with Gasteiger partial charge in [-0.15, -0.1) is 0 Å². The smallest absolute Gasteiger partial charge is 0.213 e. The topological polar surface area (TPSA) is 77.8 Å². The van der Waals surface area contributed by atoms with Gasteiger partial charge in [-0.3, -0.25) is 9.67 Å². The quantitative estimate of drug-likeness (QED) is 0.696. The van der Waals surface area contributed by atoms with Gasteiger partial charge in [0.2, 0.25) is 5.71 Å². The first-order valence-corrected chi connectivity index (χ1v) is 7.07. The van der Waals surface area contributed by atoms with Gasteiger partial charge in [-0.05, 0) is 22.8 Å². The number of benzene rings is 2. The van der Waals surface area contributed by atoms with Crippen LogP contribution in [-0.4, -0.2) is 15.5 Å². The van der Waals surface area contributed by atoms with E-state index in [1.165, 1.54) is 0 Å². The van der Waals surface area contributed by atoms with E-state index in [2.05, 4.69) is 16.2 Å². The Morgan fingerprint density at radius 2 is 1.87 bits per heavy atom. The predicted octanol–water partition coefficient (Wildman–Crippen LogP) is 3.23. The molecule has 0 N–H and O–H groups in total. The van der Waals surface area contributed by atoms with E-state index in [-0.39, 0.29) is 5.71 Å². The molecule has 0 aliphatic rings. The van der Waals surface area contributed by atoms with Crippen molar-refractivity contribution in [3.63, 3.8) is 0 Å². The summed E-state index contributed by atoms with van der Waals surface area (Å²) in [4.78, 5) is 3.97. The van der Waals surface area contributed by atoms with Crippen LogP contribution in [0.25, 0.3) is 22.0 Å². The van der Waals surface area contributed by atoms with Crippen molar-refractivity contribution in [2.45, 2.75) is 6.54 Å². The molecule has 0 bridgehead atoms. The van der Waals surface area contributed by atoms with E-state index in [0.29, 0.717) is 6.54 Å². The lowest BCUT2D eigenvalue weighted by Crippen LogP contribution is -1.90. The highest BCUT2D eigenvalue weighted by Crippen LogP contribution is 2.28. The highest BCUT2D eigenvalue weighted by Gasteiger charge is 2.06. The summed E-state index contributed by atoms with van der Waals surface area (Å²) in [6.45, 7) is 0.327. The second kappa shape index (κ2) is 6.13. The van der Waals surface area contributed by atoms with Crippen molar-refractivity contribution in [3.8, 4) is 23.3 Å². The molecule has 5 heteroatoms. The second-order valence-corrected chi connectivity index (χ2v) is 5.13. The number of hydrogen-bond acceptors (Lipinski definition) is 4. The Balaban J connectivity index is 1.92. The number of hydrogen-bond donors (Lipinski definition) is 0. The lowest BCUT2D eigenvalue weighted by molar-refractivity contribution is 0.780. The average molecular weight is 299 g/mol. The van der Waals surface area contributed by atoms with Crippen LogP contribution in [0.5, 0.6) is 0 Å². The summed E-state index contributed by atoms with van der Waals surface area (Å²) in [6, 6.07) is 17.5. The zero-order valence-corrected chi connectivity index (χ0v) is 12.6. The van der Waals surface area contributed by atoms with Crippen molar-refractivity contribution in [3.05, 3.63) is 54.2 Å². The first-order chi connectivity index (χ1) is 11.2. The molecule has 0 saturated heterocycles. The van der Waals surface area contributed by atoms with Gasteiger partial charge in [0.25, 0.3) is 0 Å². The lowest BCUT2D eigenvalue weighted by atomic mass is 10.0. The van der Waals surface area contributed by atoms with E-state index in [0.717, 1.165) is 27.6 Å². The summed E-state index contributed by atoms with van der Waals surface area (Å²) in [6.07, 6.45) is 2.01. The molecule has 5 nitrogen and oxygen atoms in total. The lowest BCUT2D eigenvalue weighted by Gasteiger charge is -2.04. The van der Waals surface area contributed by atoms with E-state index in [1.807, 2.05) is 54.3 Å². The number of aliphatic imine (C=N–C) groups is 1. The van der Waals surface area contributed by atoms with Gasteiger partial charge in [0, 0.05) is 18.6 Å². The van der Waals surface area contributed by atoms with Crippen molar-refractivity contribution >= 4 is 16.6 Å². The van der Waals surface area contributed by atoms with Gasteiger partial charge < -0.3 is 0 Å². The Morgan fingerprint density at radius 3 is 2.57 bits per heavy atom. The van der Waals surface area contributed by atoms with Crippen molar-refractivity contribution in [2.75, 3.05) is 0 Å². The van der Waals surface area contributed by atoms with Gasteiger partial charge >= 0.3 is 0 Å². The minimum absolute atomic E-state index is 0.103. The van der Waals surface area contributed by atoms with E-state index < -0.39 is 0 Å². The van der Waals surface area contributed by atoms with E-state index >= 15 is 0 Å². The largest absolute Gasteiger partial charge is 0.275 e. The molecule has 0 spiro atoms. The molecule has 1 heterocycles. The first-order valence-electron chi connectivity index (χ1n) is 7.07. The molecule has 3 aromatic rings. The van der Waals surface area contributed by atoms with Crippen molar-refractivity contribution < 1.29 is 0 Å². The van der Waals surface area contributed by atoms with Crippen LogP contribution in [0.4, 0.5) is 0 Å². The molecule has 3 rings (SSSR count). The van der Waals surface area contributed by atoms with E-state index in [1.54, 1.807) is 12.1 Å². The molecule has 0 saturated carbocycles. The Hall–Kier alpha value is -3.44. The van der Waals surface area contributed by atoms with Crippen molar-refractivity contribution in [1.29, 1.82) is 10.5 Å². The van der Waals surface area contributed by atoms with Gasteiger partial charge in [0.15, 0.2) is 0 Å². The average Bonchev–Trinajstić information content (AvgIpc) is 2.96. The molecular formula is C18H13N5. The van der Waals surface area contributed by atoms with Gasteiger partial charge in [-0.25, -0.2) is 0 Å². The third kappa shape index (κ3) is 2.95. The third-order valence-corrected chi connectivity index (χ3v) is 3.56. The van der Waals surface area contributed by atoms with Gasteiger partial charge in [-0.1, -0.05) is 36.4 Å². The first kappa shape index (κ1) is 14.5. The number of aryl methyl sites for hydroxylation is 1. The minimum Gasteiger partial charge on any atom is -0.275 e. The fraction of sp³-hybridized carbons (Fsp3) is 0.111. The molecule has 0 unspecified atom stereocenters. The molecule has 2 aromatic carbocycles. The van der Waals surface area contributed by atoms with Crippen LogP contribution < -0.4 is 0 Å². The molecule has 0 amide bonds. The number of rotatable bonds is 3. The summed E-state index contributed by atoms with van der Waals surface area (Å²) < 4.78 is 1.81. The molecule has 0 fully saturated rings. The molecule has 0 atom stereocenters. The molecule has 0 radical (unpaired) electrons. The number of fused-ring (bicyclic) bond motifs is 1. The molecule has 0 aliphatic heterocycles. The Labute approximate surface area is 133 Å². The van der Waals surface area contributed by atoms with Crippen LogP contribution in [0.3, 0.4) is 0 Å². The predicted molar refractivity (Wildman–Crippen MR) is 88.5 cm³/mol. The van der Waals surface area contributed by atoms with Crippen molar-refractivity contribution in [1.82, 2.24) is 9.78 Å².